The van der Waals surface area contributed by atoms with Crippen molar-refractivity contribution in [1.82, 2.24) is 15.2 Å². The molecule has 2 aromatic carbocycles. The zero-order valence-electron chi connectivity index (χ0n) is 25.4. The summed E-state index contributed by atoms with van der Waals surface area (Å²) in [5.41, 5.74) is 3.32. The van der Waals surface area contributed by atoms with Gasteiger partial charge in [-0.2, -0.15) is 0 Å². The fourth-order valence-corrected chi connectivity index (χ4v) is 6.22. The number of pyridine rings is 1. The first-order chi connectivity index (χ1) is 21.7. The van der Waals surface area contributed by atoms with Crippen molar-refractivity contribution in [3.8, 4) is 11.5 Å². The van der Waals surface area contributed by atoms with Gasteiger partial charge in [0.15, 0.2) is 5.75 Å². The molecule has 0 radical (unpaired) electrons. The van der Waals surface area contributed by atoms with Crippen LogP contribution in [0.4, 0.5) is 5.69 Å². The Balaban J connectivity index is 1.24. The summed E-state index contributed by atoms with van der Waals surface area (Å²) in [7, 11) is 1.67. The maximum atomic E-state index is 14.1. The molecule has 9 nitrogen and oxygen atoms in total. The molecule has 2 fully saturated rings. The number of aromatic nitrogens is 1. The van der Waals surface area contributed by atoms with Crippen LogP contribution in [0.2, 0.25) is 15.1 Å². The molecule has 1 aliphatic carbocycles. The summed E-state index contributed by atoms with van der Waals surface area (Å²) in [5.74, 6) is 0.733. The highest BCUT2D eigenvalue weighted by atomic mass is 35.5. The van der Waals surface area contributed by atoms with Gasteiger partial charge in [-0.3, -0.25) is 19.5 Å². The Bertz CT molecular complexity index is 1480. The van der Waals surface area contributed by atoms with Gasteiger partial charge >= 0.3 is 0 Å². The lowest BCUT2D eigenvalue weighted by Crippen LogP contribution is -2.61. The van der Waals surface area contributed by atoms with E-state index >= 15 is 0 Å². The van der Waals surface area contributed by atoms with Gasteiger partial charge < -0.3 is 24.4 Å². The summed E-state index contributed by atoms with van der Waals surface area (Å²) >= 11 is 19.1. The Hall–Kier alpha value is -3.08. The maximum absolute atomic E-state index is 14.1. The van der Waals surface area contributed by atoms with E-state index in [1.54, 1.807) is 54.6 Å². The van der Waals surface area contributed by atoms with Crippen LogP contribution in [-0.4, -0.2) is 73.8 Å². The van der Waals surface area contributed by atoms with Crippen molar-refractivity contribution in [2.45, 2.75) is 51.2 Å². The second-order valence-electron chi connectivity index (χ2n) is 11.2. The standard InChI is InChI=1S/C33H37Cl3N4O5/c1-21-14-27(34)32(28(35)15-21)45-13-12-44-26-9-7-25(8-10-26)40-30(18-37-19-31(40)41)33(42)39(24-5-6-24)20-22-16-23(4-3-11-43-2)38-17-29(22)36/h7-10,14-17,24,30,37H,3-6,11-13,18-20H2,1-2H3/t30-/m1/s1. The lowest BCUT2D eigenvalue weighted by Gasteiger charge is -2.38. The quantitative estimate of drug-likeness (QED) is 0.213. The predicted octanol–water partition coefficient (Wildman–Crippen LogP) is 5.88. The number of hydrogen-bond acceptors (Lipinski definition) is 7. The van der Waals surface area contributed by atoms with Crippen LogP contribution in [0.3, 0.4) is 0 Å². The molecule has 12 heteroatoms. The van der Waals surface area contributed by atoms with E-state index < -0.39 is 6.04 Å². The fraction of sp³-hybridized carbons (Fsp3) is 0.424. The average Bonchev–Trinajstić information content (AvgIpc) is 3.86. The van der Waals surface area contributed by atoms with E-state index in [1.165, 1.54) is 0 Å². The molecule has 3 aromatic rings. The van der Waals surface area contributed by atoms with Gasteiger partial charge in [0, 0.05) is 50.4 Å². The van der Waals surface area contributed by atoms with Gasteiger partial charge in [0.05, 0.1) is 21.6 Å². The second-order valence-corrected chi connectivity index (χ2v) is 12.4. The first kappa shape index (κ1) is 33.3. The molecule has 2 heterocycles. The monoisotopic (exact) mass is 674 g/mol. The summed E-state index contributed by atoms with van der Waals surface area (Å²) in [6.07, 6.45) is 5.08. The topological polar surface area (TPSA) is 93.2 Å². The van der Waals surface area contributed by atoms with E-state index in [-0.39, 0.29) is 37.6 Å². The molecule has 0 spiro atoms. The molecule has 1 aromatic heterocycles. The largest absolute Gasteiger partial charge is 0.490 e. The second kappa shape index (κ2) is 15.5. The van der Waals surface area contributed by atoms with Gasteiger partial charge in [-0.1, -0.05) is 34.8 Å². The highest BCUT2D eigenvalue weighted by molar-refractivity contribution is 6.37. The molecule has 1 saturated heterocycles. The zero-order valence-corrected chi connectivity index (χ0v) is 27.6. The fourth-order valence-electron chi connectivity index (χ4n) is 5.35. The Morgan fingerprint density at radius 1 is 1.02 bits per heavy atom. The molecular formula is C33H37Cl3N4O5. The minimum Gasteiger partial charge on any atom is -0.490 e. The van der Waals surface area contributed by atoms with Crippen molar-refractivity contribution in [3.05, 3.63) is 80.6 Å². The molecule has 0 bridgehead atoms. The Morgan fingerprint density at radius 2 is 1.73 bits per heavy atom. The Kier molecular flexibility index (Phi) is 11.4. The van der Waals surface area contributed by atoms with Crippen molar-refractivity contribution in [1.29, 1.82) is 0 Å². The van der Waals surface area contributed by atoms with Gasteiger partial charge in [-0.15, -0.1) is 0 Å². The smallest absolute Gasteiger partial charge is 0.247 e. The van der Waals surface area contributed by atoms with Crippen molar-refractivity contribution in [3.63, 3.8) is 0 Å². The van der Waals surface area contributed by atoms with Crippen LogP contribution in [0.1, 0.15) is 36.1 Å². The normalized spacial score (nSPS) is 16.5. The molecule has 1 aliphatic heterocycles. The molecule has 240 valence electrons. The number of piperazine rings is 1. The highest BCUT2D eigenvalue weighted by Crippen LogP contribution is 2.35. The molecule has 45 heavy (non-hydrogen) atoms. The molecule has 1 atom stereocenters. The average molecular weight is 676 g/mol. The predicted molar refractivity (Wildman–Crippen MR) is 176 cm³/mol. The molecule has 2 aliphatic rings. The number of halogens is 3. The zero-order chi connectivity index (χ0) is 31.9. The summed E-state index contributed by atoms with van der Waals surface area (Å²) in [5, 5.41) is 4.53. The molecule has 2 amide bonds. The van der Waals surface area contributed by atoms with E-state index in [9.17, 15) is 9.59 Å². The number of carbonyl (C=O) groups excluding carboxylic acids is 2. The van der Waals surface area contributed by atoms with Gasteiger partial charge in [0.25, 0.3) is 0 Å². The summed E-state index contributed by atoms with van der Waals surface area (Å²) in [6, 6.07) is 12.1. The number of nitrogens with one attached hydrogen (secondary N) is 1. The number of anilines is 1. The van der Waals surface area contributed by atoms with Gasteiger partial charge in [0.2, 0.25) is 11.8 Å². The van der Waals surface area contributed by atoms with Crippen molar-refractivity contribution in [2.24, 2.45) is 0 Å². The number of rotatable bonds is 14. The number of aryl methyl sites for hydroxylation is 2. The van der Waals surface area contributed by atoms with Crippen LogP contribution in [0, 0.1) is 6.92 Å². The van der Waals surface area contributed by atoms with E-state index in [1.807, 2.05) is 17.9 Å². The summed E-state index contributed by atoms with van der Waals surface area (Å²) < 4.78 is 16.7. The van der Waals surface area contributed by atoms with Gasteiger partial charge in [-0.05, 0) is 86.2 Å². The SMILES string of the molecule is COCCCc1cc(CN(C(=O)[C@H]2CNCC(=O)N2c2ccc(OCCOc3c(Cl)cc(C)cc3Cl)cc2)C2CC2)c(Cl)cn1. The third-order valence-electron chi connectivity index (χ3n) is 7.72. The summed E-state index contributed by atoms with van der Waals surface area (Å²) in [4.78, 5) is 35.2. The van der Waals surface area contributed by atoms with Gasteiger partial charge in [-0.25, -0.2) is 0 Å². The summed E-state index contributed by atoms with van der Waals surface area (Å²) in [6.45, 7) is 3.90. The number of methoxy groups -OCH3 is 1. The third-order valence-corrected chi connectivity index (χ3v) is 8.62. The van der Waals surface area contributed by atoms with E-state index in [4.69, 9.17) is 49.0 Å². The van der Waals surface area contributed by atoms with Crippen LogP contribution in [0.15, 0.2) is 48.7 Å². The van der Waals surface area contributed by atoms with E-state index in [0.29, 0.717) is 52.0 Å². The molecule has 0 unspecified atom stereocenters. The molecule has 1 N–H and O–H groups in total. The van der Waals surface area contributed by atoms with Crippen molar-refractivity contribution < 1.29 is 23.8 Å². The van der Waals surface area contributed by atoms with Crippen LogP contribution in [0.5, 0.6) is 11.5 Å². The van der Waals surface area contributed by atoms with Crippen LogP contribution >= 0.6 is 34.8 Å². The highest BCUT2D eigenvalue weighted by Gasteiger charge is 2.41. The van der Waals surface area contributed by atoms with Crippen LogP contribution in [0.25, 0.3) is 0 Å². The van der Waals surface area contributed by atoms with Crippen LogP contribution < -0.4 is 19.7 Å². The van der Waals surface area contributed by atoms with E-state index in [0.717, 1.165) is 42.5 Å². The minimum atomic E-state index is -0.696. The number of amides is 2. The van der Waals surface area contributed by atoms with Crippen molar-refractivity contribution in [2.75, 3.05) is 44.9 Å². The number of benzene rings is 2. The number of carbonyl (C=O) groups is 2. The first-order valence-corrected chi connectivity index (χ1v) is 16.2. The lowest BCUT2D eigenvalue weighted by atomic mass is 10.1. The number of hydrogen-bond donors (Lipinski definition) is 1. The first-order valence-electron chi connectivity index (χ1n) is 15.0. The lowest BCUT2D eigenvalue weighted by molar-refractivity contribution is -0.136. The van der Waals surface area contributed by atoms with Crippen LogP contribution in [-0.2, 0) is 27.3 Å². The van der Waals surface area contributed by atoms with Gasteiger partial charge in [0.1, 0.15) is 25.0 Å². The Labute approximate surface area is 278 Å². The minimum absolute atomic E-state index is 0.111. The molecule has 5 rings (SSSR count). The van der Waals surface area contributed by atoms with Crippen molar-refractivity contribution >= 4 is 52.3 Å². The number of nitrogens with zero attached hydrogens (tertiary/aromatic N) is 3. The maximum Gasteiger partial charge on any atom is 0.247 e. The third kappa shape index (κ3) is 8.60. The Morgan fingerprint density at radius 3 is 2.42 bits per heavy atom. The number of ether oxygens (including phenoxy) is 3. The molecule has 1 saturated carbocycles. The molecular weight excluding hydrogens is 639 g/mol. The van der Waals surface area contributed by atoms with E-state index in [2.05, 4.69) is 10.3 Å².